The van der Waals surface area contributed by atoms with Crippen LogP contribution in [-0.4, -0.2) is 10.7 Å². The third-order valence-corrected chi connectivity index (χ3v) is 2.79. The molecule has 0 aliphatic carbocycles. The maximum absolute atomic E-state index is 11.5. The van der Waals surface area contributed by atoms with Crippen molar-refractivity contribution in [2.45, 2.75) is 13.5 Å². The molecule has 102 valence electrons. The highest BCUT2D eigenvalue weighted by Crippen LogP contribution is 2.25. The van der Waals surface area contributed by atoms with Crippen molar-refractivity contribution in [2.24, 2.45) is 0 Å². The molecule has 0 N–H and O–H groups in total. The molecule has 0 unspecified atom stereocenters. The Morgan fingerprint density at radius 1 is 1.20 bits per heavy atom. The van der Waals surface area contributed by atoms with E-state index in [1.165, 1.54) is 25.1 Å². The van der Waals surface area contributed by atoms with Crippen molar-refractivity contribution in [1.29, 1.82) is 0 Å². The van der Waals surface area contributed by atoms with E-state index in [2.05, 4.69) is 0 Å². The maximum Gasteiger partial charge on any atom is 0.270 e. The van der Waals surface area contributed by atoms with Crippen molar-refractivity contribution in [3.63, 3.8) is 0 Å². The van der Waals surface area contributed by atoms with Gasteiger partial charge in [0.2, 0.25) is 0 Å². The van der Waals surface area contributed by atoms with Crippen molar-refractivity contribution in [2.75, 3.05) is 0 Å². The van der Waals surface area contributed by atoms with E-state index < -0.39 is 4.92 Å². The number of hydrogen-bond donors (Lipinski definition) is 0. The molecule has 0 saturated heterocycles. The summed E-state index contributed by atoms with van der Waals surface area (Å²) in [6.07, 6.45) is 0. The lowest BCUT2D eigenvalue weighted by molar-refractivity contribution is -0.384. The Hall–Kier alpha value is -2.69. The minimum atomic E-state index is -0.534. The second-order valence-electron chi connectivity index (χ2n) is 4.27. The van der Waals surface area contributed by atoms with E-state index >= 15 is 0 Å². The van der Waals surface area contributed by atoms with Crippen LogP contribution in [0.2, 0.25) is 0 Å². The SMILES string of the molecule is CC(=O)c1cc([N+](=O)[O-])ccc1OCc1ccccc1. The van der Waals surface area contributed by atoms with E-state index in [-0.39, 0.29) is 17.0 Å². The molecule has 0 saturated carbocycles. The summed E-state index contributed by atoms with van der Waals surface area (Å²) in [7, 11) is 0. The Labute approximate surface area is 116 Å². The zero-order chi connectivity index (χ0) is 14.5. The number of ether oxygens (including phenoxy) is 1. The van der Waals surface area contributed by atoms with Crippen LogP contribution in [0.3, 0.4) is 0 Å². The summed E-state index contributed by atoms with van der Waals surface area (Å²) in [6.45, 7) is 1.66. The van der Waals surface area contributed by atoms with E-state index in [1.807, 2.05) is 30.3 Å². The summed E-state index contributed by atoms with van der Waals surface area (Å²) < 4.78 is 5.58. The fraction of sp³-hybridized carbons (Fsp3) is 0.133. The average molecular weight is 271 g/mol. The molecule has 20 heavy (non-hydrogen) atoms. The summed E-state index contributed by atoms with van der Waals surface area (Å²) in [4.78, 5) is 21.7. The van der Waals surface area contributed by atoms with Crippen molar-refractivity contribution < 1.29 is 14.5 Å². The van der Waals surface area contributed by atoms with Crippen molar-refractivity contribution in [3.05, 3.63) is 69.8 Å². The highest BCUT2D eigenvalue weighted by Gasteiger charge is 2.15. The molecule has 0 aliphatic rings. The summed E-state index contributed by atoms with van der Waals surface area (Å²) in [5, 5.41) is 10.7. The highest BCUT2D eigenvalue weighted by molar-refractivity contribution is 5.97. The fourth-order valence-electron chi connectivity index (χ4n) is 1.77. The van der Waals surface area contributed by atoms with Gasteiger partial charge in [-0.25, -0.2) is 0 Å². The molecular weight excluding hydrogens is 258 g/mol. The first-order valence-corrected chi connectivity index (χ1v) is 6.04. The van der Waals surface area contributed by atoms with E-state index in [4.69, 9.17) is 4.74 Å². The number of rotatable bonds is 5. The van der Waals surface area contributed by atoms with Crippen LogP contribution in [0.25, 0.3) is 0 Å². The third-order valence-electron chi connectivity index (χ3n) is 2.79. The molecule has 0 amide bonds. The van der Waals surface area contributed by atoms with Crippen molar-refractivity contribution >= 4 is 11.5 Å². The molecule has 0 radical (unpaired) electrons. The molecule has 0 atom stereocenters. The number of ketones is 1. The van der Waals surface area contributed by atoms with E-state index in [9.17, 15) is 14.9 Å². The van der Waals surface area contributed by atoms with Gasteiger partial charge in [0.1, 0.15) is 12.4 Å². The highest BCUT2D eigenvalue weighted by atomic mass is 16.6. The molecule has 0 heterocycles. The second kappa shape index (κ2) is 5.97. The Morgan fingerprint density at radius 3 is 2.50 bits per heavy atom. The molecule has 0 aromatic heterocycles. The molecule has 0 fully saturated rings. The van der Waals surface area contributed by atoms with Gasteiger partial charge >= 0.3 is 0 Å². The van der Waals surface area contributed by atoms with Crippen LogP contribution in [0, 0.1) is 10.1 Å². The van der Waals surface area contributed by atoms with Gasteiger partial charge in [-0.15, -0.1) is 0 Å². The van der Waals surface area contributed by atoms with Gasteiger partial charge in [0, 0.05) is 12.1 Å². The number of nitrogens with zero attached hydrogens (tertiary/aromatic N) is 1. The summed E-state index contributed by atoms with van der Waals surface area (Å²) in [5.74, 6) is 0.0868. The maximum atomic E-state index is 11.5. The van der Waals surface area contributed by atoms with Gasteiger partial charge in [0.05, 0.1) is 10.5 Å². The topological polar surface area (TPSA) is 69.4 Å². The van der Waals surface area contributed by atoms with Gasteiger partial charge in [-0.1, -0.05) is 30.3 Å². The molecule has 0 spiro atoms. The zero-order valence-electron chi connectivity index (χ0n) is 10.9. The van der Waals surface area contributed by atoms with Gasteiger partial charge in [-0.05, 0) is 18.6 Å². The molecule has 2 rings (SSSR count). The first-order chi connectivity index (χ1) is 9.58. The monoisotopic (exact) mass is 271 g/mol. The number of nitro benzene ring substituents is 1. The lowest BCUT2D eigenvalue weighted by atomic mass is 10.1. The number of benzene rings is 2. The van der Waals surface area contributed by atoms with Crippen LogP contribution in [-0.2, 0) is 6.61 Å². The lowest BCUT2D eigenvalue weighted by Gasteiger charge is -2.09. The third kappa shape index (κ3) is 3.20. The average Bonchev–Trinajstić information content (AvgIpc) is 2.45. The van der Waals surface area contributed by atoms with Crippen molar-refractivity contribution in [3.8, 4) is 5.75 Å². The largest absolute Gasteiger partial charge is 0.488 e. The quantitative estimate of drug-likeness (QED) is 0.475. The predicted molar refractivity (Wildman–Crippen MR) is 73.9 cm³/mol. The van der Waals surface area contributed by atoms with E-state index in [0.29, 0.717) is 12.4 Å². The van der Waals surface area contributed by atoms with Crippen LogP contribution in [0.1, 0.15) is 22.8 Å². The zero-order valence-corrected chi connectivity index (χ0v) is 10.9. The minimum Gasteiger partial charge on any atom is -0.488 e. The number of carbonyl (C=O) groups is 1. The van der Waals surface area contributed by atoms with E-state index in [1.54, 1.807) is 0 Å². The summed E-state index contributed by atoms with van der Waals surface area (Å²) in [5.41, 5.74) is 1.05. The number of hydrogen-bond acceptors (Lipinski definition) is 4. The number of nitro groups is 1. The van der Waals surface area contributed by atoms with Crippen LogP contribution in [0.4, 0.5) is 5.69 Å². The first-order valence-electron chi connectivity index (χ1n) is 6.04. The Morgan fingerprint density at radius 2 is 1.90 bits per heavy atom. The molecule has 0 aliphatic heterocycles. The normalized spacial score (nSPS) is 10.1. The van der Waals surface area contributed by atoms with E-state index in [0.717, 1.165) is 5.56 Å². The molecule has 5 nitrogen and oxygen atoms in total. The number of non-ortho nitro benzene ring substituents is 1. The molecule has 5 heteroatoms. The minimum absolute atomic E-state index is 0.123. The summed E-state index contributed by atoms with van der Waals surface area (Å²) in [6, 6.07) is 13.5. The molecule has 2 aromatic carbocycles. The number of carbonyl (C=O) groups excluding carboxylic acids is 1. The molecule has 0 bridgehead atoms. The lowest BCUT2D eigenvalue weighted by Crippen LogP contribution is -2.02. The standard InChI is InChI=1S/C15H13NO4/c1-11(17)14-9-13(16(18)19)7-8-15(14)20-10-12-5-3-2-4-6-12/h2-9H,10H2,1H3. The molecule has 2 aromatic rings. The second-order valence-corrected chi connectivity index (χ2v) is 4.27. The van der Waals surface area contributed by atoms with Crippen LogP contribution < -0.4 is 4.74 Å². The van der Waals surface area contributed by atoms with Crippen LogP contribution in [0.15, 0.2) is 48.5 Å². The Balaban J connectivity index is 2.23. The molecular formula is C15H13NO4. The van der Waals surface area contributed by atoms with Gasteiger partial charge in [0.15, 0.2) is 5.78 Å². The van der Waals surface area contributed by atoms with Crippen LogP contribution in [0.5, 0.6) is 5.75 Å². The van der Waals surface area contributed by atoms with Gasteiger partial charge in [-0.2, -0.15) is 0 Å². The smallest absolute Gasteiger partial charge is 0.270 e. The van der Waals surface area contributed by atoms with Gasteiger partial charge < -0.3 is 4.74 Å². The Bertz CT molecular complexity index is 638. The van der Waals surface area contributed by atoms with Crippen LogP contribution >= 0.6 is 0 Å². The van der Waals surface area contributed by atoms with Crippen molar-refractivity contribution in [1.82, 2.24) is 0 Å². The first kappa shape index (κ1) is 13.7. The fourth-order valence-corrected chi connectivity index (χ4v) is 1.77. The van der Waals surface area contributed by atoms with Gasteiger partial charge in [-0.3, -0.25) is 14.9 Å². The van der Waals surface area contributed by atoms with Gasteiger partial charge in [0.25, 0.3) is 5.69 Å². The summed E-state index contributed by atoms with van der Waals surface area (Å²) >= 11 is 0. The predicted octanol–water partition coefficient (Wildman–Crippen LogP) is 3.38. The number of Topliss-reactive ketones (excluding diaryl/α,β-unsaturated/α-hetero) is 1. The Kier molecular flexibility index (Phi) is 4.10.